The Morgan fingerprint density at radius 3 is 2.58 bits per heavy atom. The number of carboxylic acid groups (broad SMARTS) is 1. The monoisotopic (exact) mass is 260 g/mol. The molecule has 1 amide bonds. The zero-order valence-corrected chi connectivity index (χ0v) is 10.3. The van der Waals surface area contributed by atoms with E-state index in [9.17, 15) is 9.59 Å². The summed E-state index contributed by atoms with van der Waals surface area (Å²) >= 11 is 0. The molecule has 0 atom stereocenters. The van der Waals surface area contributed by atoms with Crippen molar-refractivity contribution in [1.29, 1.82) is 0 Å². The van der Waals surface area contributed by atoms with Gasteiger partial charge in [0.1, 0.15) is 0 Å². The second-order valence-electron chi connectivity index (χ2n) is 3.93. The lowest BCUT2D eigenvalue weighted by Gasteiger charge is -2.11. The summed E-state index contributed by atoms with van der Waals surface area (Å²) in [6, 6.07) is 5.87. The fourth-order valence-electron chi connectivity index (χ4n) is 1.65. The molecule has 1 heterocycles. The average Bonchev–Trinajstić information content (AvgIpc) is 2.68. The number of carbonyl (C=O) groups is 2. The van der Waals surface area contributed by atoms with Crippen molar-refractivity contribution in [2.75, 3.05) is 18.7 Å². The van der Waals surface area contributed by atoms with Crippen LogP contribution in [0.25, 0.3) is 0 Å². The van der Waals surface area contributed by atoms with E-state index in [1.807, 2.05) is 0 Å². The maximum atomic E-state index is 11.9. The van der Waals surface area contributed by atoms with E-state index >= 15 is 0 Å². The highest BCUT2D eigenvalue weighted by atomic mass is 16.5. The number of benzene rings is 1. The summed E-state index contributed by atoms with van der Waals surface area (Å²) in [6.07, 6.45) is 0. The van der Waals surface area contributed by atoms with Crippen LogP contribution < -0.4 is 5.01 Å². The maximum absolute atomic E-state index is 11.9. The van der Waals surface area contributed by atoms with Crippen molar-refractivity contribution in [1.82, 2.24) is 0 Å². The topological polar surface area (TPSA) is 79.2 Å². The Morgan fingerprint density at radius 2 is 2.05 bits per heavy atom. The van der Waals surface area contributed by atoms with Crippen molar-refractivity contribution in [2.24, 2.45) is 5.10 Å². The van der Waals surface area contributed by atoms with E-state index < -0.39 is 5.97 Å². The lowest BCUT2D eigenvalue weighted by Crippen LogP contribution is -2.21. The highest BCUT2D eigenvalue weighted by molar-refractivity contribution is 6.30. The summed E-state index contributed by atoms with van der Waals surface area (Å²) < 4.78 is 4.93. The van der Waals surface area contributed by atoms with Crippen LogP contribution in [0, 0.1) is 0 Å². The molecule has 0 saturated heterocycles. The fraction of sp³-hybridized carbons (Fsp3) is 0.154. The Labute approximate surface area is 109 Å². The normalized spacial score (nSPS) is 14.8. The predicted molar refractivity (Wildman–Crippen MR) is 69.3 cm³/mol. The Bertz CT molecular complexity index is 575. The molecule has 98 valence electrons. The minimum Gasteiger partial charge on any atom is -0.478 e. The van der Waals surface area contributed by atoms with Crippen molar-refractivity contribution < 1.29 is 19.4 Å². The van der Waals surface area contributed by atoms with Crippen molar-refractivity contribution in [3.8, 4) is 0 Å². The van der Waals surface area contributed by atoms with Gasteiger partial charge in [0.25, 0.3) is 5.91 Å². The molecule has 0 bridgehead atoms. The highest BCUT2D eigenvalue weighted by Gasteiger charge is 2.29. The van der Waals surface area contributed by atoms with E-state index in [2.05, 4.69) is 11.7 Å². The number of hydrogen-bond acceptors (Lipinski definition) is 4. The molecule has 1 aliphatic rings. The summed E-state index contributed by atoms with van der Waals surface area (Å²) in [7, 11) is 1.50. The van der Waals surface area contributed by atoms with Gasteiger partial charge in [0, 0.05) is 7.11 Å². The van der Waals surface area contributed by atoms with Crippen LogP contribution in [-0.2, 0) is 9.53 Å². The molecule has 1 aliphatic heterocycles. The van der Waals surface area contributed by atoms with Crippen molar-refractivity contribution in [2.45, 2.75) is 0 Å². The molecule has 0 spiro atoms. The van der Waals surface area contributed by atoms with Crippen LogP contribution in [0.5, 0.6) is 0 Å². The van der Waals surface area contributed by atoms with Crippen molar-refractivity contribution in [3.05, 3.63) is 42.0 Å². The third kappa shape index (κ3) is 2.38. The average molecular weight is 260 g/mol. The minimum absolute atomic E-state index is 0.148. The van der Waals surface area contributed by atoms with Crippen LogP contribution in [0.2, 0.25) is 0 Å². The van der Waals surface area contributed by atoms with Crippen LogP contribution in [0.3, 0.4) is 0 Å². The van der Waals surface area contributed by atoms with E-state index in [0.29, 0.717) is 11.4 Å². The SMILES string of the molecule is C=C1C(=O)N(c2ccc(C(=O)O)cc2)N=C1COC. The number of anilines is 1. The quantitative estimate of drug-likeness (QED) is 0.827. The first kappa shape index (κ1) is 13.0. The van der Waals surface area contributed by atoms with Gasteiger partial charge in [-0.1, -0.05) is 6.58 Å². The van der Waals surface area contributed by atoms with Gasteiger partial charge in [-0.15, -0.1) is 0 Å². The van der Waals surface area contributed by atoms with Crippen LogP contribution in [-0.4, -0.2) is 36.4 Å². The van der Waals surface area contributed by atoms with Crippen LogP contribution >= 0.6 is 0 Å². The van der Waals surface area contributed by atoms with E-state index in [4.69, 9.17) is 9.84 Å². The molecular formula is C13H12N2O4. The molecule has 1 aromatic rings. The van der Waals surface area contributed by atoms with Crippen LogP contribution in [0.15, 0.2) is 41.5 Å². The van der Waals surface area contributed by atoms with Gasteiger partial charge in [-0.25, -0.2) is 4.79 Å². The second kappa shape index (κ2) is 5.03. The zero-order valence-electron chi connectivity index (χ0n) is 10.3. The van der Waals surface area contributed by atoms with Gasteiger partial charge in [0.05, 0.1) is 29.1 Å². The Hall–Kier alpha value is -2.47. The third-order valence-corrected chi connectivity index (χ3v) is 2.66. The first-order valence-corrected chi connectivity index (χ1v) is 5.48. The molecule has 6 nitrogen and oxygen atoms in total. The second-order valence-corrected chi connectivity index (χ2v) is 3.93. The largest absolute Gasteiger partial charge is 0.478 e. The number of carboxylic acids is 1. The first-order chi connectivity index (χ1) is 9.04. The van der Waals surface area contributed by atoms with Gasteiger partial charge in [0.2, 0.25) is 0 Å². The number of rotatable bonds is 4. The summed E-state index contributed by atoms with van der Waals surface area (Å²) in [6.45, 7) is 3.86. The van der Waals surface area contributed by atoms with Gasteiger partial charge in [-0.2, -0.15) is 10.1 Å². The van der Waals surface area contributed by atoms with Gasteiger partial charge >= 0.3 is 5.97 Å². The summed E-state index contributed by atoms with van der Waals surface area (Å²) in [5.41, 5.74) is 1.39. The molecular weight excluding hydrogens is 248 g/mol. The molecule has 0 fully saturated rings. The number of methoxy groups -OCH3 is 1. The lowest BCUT2D eigenvalue weighted by atomic mass is 10.2. The molecule has 0 aromatic heterocycles. The number of hydrazone groups is 1. The number of aromatic carboxylic acids is 1. The van der Waals surface area contributed by atoms with E-state index in [0.717, 1.165) is 0 Å². The maximum Gasteiger partial charge on any atom is 0.335 e. The molecule has 6 heteroatoms. The molecule has 0 unspecified atom stereocenters. The van der Waals surface area contributed by atoms with E-state index in [1.54, 1.807) is 0 Å². The number of carbonyl (C=O) groups excluding carboxylic acids is 1. The molecule has 0 aliphatic carbocycles. The van der Waals surface area contributed by atoms with Gasteiger partial charge in [-0.05, 0) is 24.3 Å². The van der Waals surface area contributed by atoms with Gasteiger partial charge < -0.3 is 9.84 Å². The number of hydrogen-bond donors (Lipinski definition) is 1. The van der Waals surface area contributed by atoms with Crippen molar-refractivity contribution >= 4 is 23.3 Å². The fourth-order valence-corrected chi connectivity index (χ4v) is 1.65. The third-order valence-electron chi connectivity index (χ3n) is 2.66. The Morgan fingerprint density at radius 1 is 1.42 bits per heavy atom. The molecule has 0 saturated carbocycles. The minimum atomic E-state index is -1.02. The van der Waals surface area contributed by atoms with E-state index in [1.165, 1.54) is 36.4 Å². The summed E-state index contributed by atoms with van der Waals surface area (Å²) in [4.78, 5) is 22.7. The molecule has 1 N–H and O–H groups in total. The standard InChI is InChI=1S/C13H12N2O4/c1-8-11(7-19-2)14-15(12(8)16)10-5-3-9(4-6-10)13(17)18/h3-6H,1,7H2,2H3,(H,17,18). The molecule has 2 rings (SSSR count). The Balaban J connectivity index is 2.29. The van der Waals surface area contributed by atoms with Crippen LogP contribution in [0.1, 0.15) is 10.4 Å². The summed E-state index contributed by atoms with van der Waals surface area (Å²) in [5, 5.41) is 14.1. The van der Waals surface area contributed by atoms with Gasteiger partial charge in [0.15, 0.2) is 0 Å². The lowest BCUT2D eigenvalue weighted by molar-refractivity contribution is -0.114. The Kier molecular flexibility index (Phi) is 3.43. The zero-order chi connectivity index (χ0) is 14.0. The van der Waals surface area contributed by atoms with Crippen LogP contribution in [0.4, 0.5) is 5.69 Å². The highest BCUT2D eigenvalue weighted by Crippen LogP contribution is 2.23. The molecule has 1 aromatic carbocycles. The number of amides is 1. The van der Waals surface area contributed by atoms with Gasteiger partial charge in [-0.3, -0.25) is 4.79 Å². The van der Waals surface area contributed by atoms with Crippen molar-refractivity contribution in [3.63, 3.8) is 0 Å². The smallest absolute Gasteiger partial charge is 0.335 e. The number of ether oxygens (including phenoxy) is 1. The number of nitrogens with zero attached hydrogens (tertiary/aromatic N) is 2. The van der Waals surface area contributed by atoms with E-state index in [-0.39, 0.29) is 23.7 Å². The predicted octanol–water partition coefficient (Wildman–Crippen LogP) is 1.29. The molecule has 0 radical (unpaired) electrons. The molecule has 19 heavy (non-hydrogen) atoms. The first-order valence-electron chi connectivity index (χ1n) is 5.48. The summed E-state index contributed by atoms with van der Waals surface area (Å²) in [5.74, 6) is -1.36.